The Morgan fingerprint density at radius 2 is 2.11 bits per heavy atom. The van der Waals surface area contributed by atoms with Gasteiger partial charge < -0.3 is 0 Å². The molecule has 0 spiro atoms. The monoisotopic (exact) mass is 370 g/mol. The van der Waals surface area contributed by atoms with Crippen molar-refractivity contribution >= 4 is 37.6 Å². The van der Waals surface area contributed by atoms with Crippen molar-refractivity contribution in [2.24, 2.45) is 0 Å². The topological polar surface area (TPSA) is 34.9 Å². The van der Waals surface area contributed by atoms with Crippen LogP contribution in [0.15, 0.2) is 33.3 Å². The maximum atomic E-state index is 12.6. The molecule has 0 fully saturated rings. The summed E-state index contributed by atoms with van der Waals surface area (Å²) in [6.07, 6.45) is 1.65. The molecule has 0 aliphatic carbocycles. The van der Waals surface area contributed by atoms with E-state index < -0.39 is 0 Å². The molecule has 2 rings (SSSR count). The number of nitrogens with zero attached hydrogens (tertiary/aromatic N) is 2. The van der Waals surface area contributed by atoms with Gasteiger partial charge in [0.2, 0.25) is 5.78 Å². The lowest BCUT2D eigenvalue weighted by Crippen LogP contribution is -2.12. The molecule has 0 saturated carbocycles. The van der Waals surface area contributed by atoms with Gasteiger partial charge in [0, 0.05) is 16.6 Å². The molecule has 0 amide bonds. The lowest BCUT2D eigenvalue weighted by Gasteiger charge is -2.08. The van der Waals surface area contributed by atoms with Crippen molar-refractivity contribution in [3.05, 3.63) is 50.2 Å². The predicted molar refractivity (Wildman–Crippen MR) is 77.9 cm³/mol. The number of hydrogen-bond donors (Lipinski definition) is 0. The average molecular weight is 372 g/mol. The summed E-state index contributed by atoms with van der Waals surface area (Å²) in [5.41, 5.74) is 2.29. The summed E-state index contributed by atoms with van der Waals surface area (Å²) < 4.78 is 3.26. The highest BCUT2D eigenvalue weighted by Crippen LogP contribution is 2.26. The summed E-state index contributed by atoms with van der Waals surface area (Å²) in [4.78, 5) is 12.6. The second kappa shape index (κ2) is 5.36. The third kappa shape index (κ3) is 2.29. The molecule has 0 radical (unpaired) electrons. The summed E-state index contributed by atoms with van der Waals surface area (Å²) in [6, 6.07) is 5.67. The van der Waals surface area contributed by atoms with Gasteiger partial charge in [-0.05, 0) is 57.3 Å². The van der Waals surface area contributed by atoms with Crippen LogP contribution in [0.25, 0.3) is 0 Å². The zero-order chi connectivity index (χ0) is 13.3. The van der Waals surface area contributed by atoms with Gasteiger partial charge in [-0.25, -0.2) is 0 Å². The zero-order valence-corrected chi connectivity index (χ0v) is 13.2. The second-order valence-corrected chi connectivity index (χ2v) is 5.57. The van der Waals surface area contributed by atoms with E-state index in [1.54, 1.807) is 10.9 Å². The van der Waals surface area contributed by atoms with Crippen molar-refractivity contribution in [1.29, 1.82) is 0 Å². The fraction of sp³-hybridized carbons (Fsp3) is 0.231. The summed E-state index contributed by atoms with van der Waals surface area (Å²) in [5, 5.41) is 4.17. The Balaban J connectivity index is 2.55. The Kier molecular flexibility index (Phi) is 4.02. The number of carbonyl (C=O) groups excluding carboxylic acids is 1. The number of ketones is 1. The highest BCUT2D eigenvalue weighted by Gasteiger charge is 2.20. The smallest absolute Gasteiger partial charge is 0.213 e. The molecule has 0 unspecified atom stereocenters. The molecule has 0 aliphatic heterocycles. The van der Waals surface area contributed by atoms with E-state index in [1.807, 2.05) is 32.0 Å². The molecule has 1 aromatic heterocycles. The Morgan fingerprint density at radius 1 is 1.39 bits per heavy atom. The van der Waals surface area contributed by atoms with Gasteiger partial charge in [0.25, 0.3) is 0 Å². The second-order valence-electron chi connectivity index (χ2n) is 3.92. The number of benzene rings is 1. The standard InChI is InChI=1S/C13H12Br2N2O/c1-3-17-12(10(14)7-16-17)13(18)9-6-4-5-8(2)11(9)15/h4-7H,3H2,1-2H3. The molecule has 5 heteroatoms. The number of hydrogen-bond acceptors (Lipinski definition) is 2. The number of rotatable bonds is 3. The van der Waals surface area contributed by atoms with Gasteiger partial charge in [-0.1, -0.05) is 12.1 Å². The third-order valence-electron chi connectivity index (χ3n) is 2.75. The number of halogens is 2. The van der Waals surface area contributed by atoms with Crippen LogP contribution in [0.5, 0.6) is 0 Å². The predicted octanol–water partition coefficient (Wildman–Crippen LogP) is 3.97. The van der Waals surface area contributed by atoms with E-state index in [1.165, 1.54) is 0 Å². The van der Waals surface area contributed by atoms with Crippen LogP contribution < -0.4 is 0 Å². The SMILES string of the molecule is CCn1ncc(Br)c1C(=O)c1cccc(C)c1Br. The van der Waals surface area contributed by atoms with Gasteiger partial charge in [-0.15, -0.1) is 0 Å². The fourth-order valence-corrected chi connectivity index (χ4v) is 2.70. The summed E-state index contributed by atoms with van der Waals surface area (Å²) >= 11 is 6.85. The lowest BCUT2D eigenvalue weighted by molar-refractivity contribution is 0.102. The molecule has 1 heterocycles. The Morgan fingerprint density at radius 3 is 2.78 bits per heavy atom. The largest absolute Gasteiger partial charge is 0.287 e. The summed E-state index contributed by atoms with van der Waals surface area (Å²) in [6.45, 7) is 4.59. The molecule has 0 atom stereocenters. The van der Waals surface area contributed by atoms with Gasteiger partial charge >= 0.3 is 0 Å². The lowest BCUT2D eigenvalue weighted by atomic mass is 10.1. The van der Waals surface area contributed by atoms with Crippen molar-refractivity contribution in [3.8, 4) is 0 Å². The third-order valence-corrected chi connectivity index (χ3v) is 4.38. The minimum Gasteiger partial charge on any atom is -0.287 e. The van der Waals surface area contributed by atoms with Crippen LogP contribution in [0, 0.1) is 6.92 Å². The Bertz CT molecular complexity index is 605. The molecule has 0 bridgehead atoms. The van der Waals surface area contributed by atoms with E-state index in [0.29, 0.717) is 17.8 Å². The molecular formula is C13H12Br2N2O. The molecule has 2 aromatic rings. The van der Waals surface area contributed by atoms with Gasteiger partial charge in [0.05, 0.1) is 10.7 Å². The zero-order valence-electron chi connectivity index (χ0n) is 10.1. The quantitative estimate of drug-likeness (QED) is 0.765. The van der Waals surface area contributed by atoms with Crippen molar-refractivity contribution in [2.75, 3.05) is 0 Å². The van der Waals surface area contributed by atoms with Crippen LogP contribution in [0.3, 0.4) is 0 Å². The maximum absolute atomic E-state index is 12.6. The molecule has 0 saturated heterocycles. The van der Waals surface area contributed by atoms with Crippen molar-refractivity contribution in [2.45, 2.75) is 20.4 Å². The van der Waals surface area contributed by atoms with E-state index in [0.717, 1.165) is 14.5 Å². The van der Waals surface area contributed by atoms with E-state index in [2.05, 4.69) is 37.0 Å². The van der Waals surface area contributed by atoms with E-state index in [9.17, 15) is 4.79 Å². The highest BCUT2D eigenvalue weighted by atomic mass is 79.9. The van der Waals surface area contributed by atoms with Crippen LogP contribution in [-0.4, -0.2) is 15.6 Å². The van der Waals surface area contributed by atoms with Crippen molar-refractivity contribution < 1.29 is 4.79 Å². The Labute approximate surface area is 122 Å². The van der Waals surface area contributed by atoms with Gasteiger partial charge in [0.15, 0.2) is 0 Å². The van der Waals surface area contributed by atoms with Crippen LogP contribution in [0.2, 0.25) is 0 Å². The number of carbonyl (C=O) groups is 1. The van der Waals surface area contributed by atoms with E-state index in [4.69, 9.17) is 0 Å². The van der Waals surface area contributed by atoms with E-state index >= 15 is 0 Å². The highest BCUT2D eigenvalue weighted by molar-refractivity contribution is 9.11. The first-order chi connectivity index (χ1) is 8.56. The molecule has 94 valence electrons. The molecular weight excluding hydrogens is 360 g/mol. The normalized spacial score (nSPS) is 10.7. The van der Waals surface area contributed by atoms with Gasteiger partial charge in [-0.2, -0.15) is 5.10 Å². The fourth-order valence-electron chi connectivity index (χ4n) is 1.78. The first-order valence-electron chi connectivity index (χ1n) is 5.57. The Hall–Kier alpha value is -0.940. The van der Waals surface area contributed by atoms with Crippen LogP contribution in [0.4, 0.5) is 0 Å². The molecule has 18 heavy (non-hydrogen) atoms. The van der Waals surface area contributed by atoms with Crippen LogP contribution in [0.1, 0.15) is 28.5 Å². The van der Waals surface area contributed by atoms with E-state index in [-0.39, 0.29) is 5.78 Å². The summed E-state index contributed by atoms with van der Waals surface area (Å²) in [5.74, 6) is -0.0307. The minimum absolute atomic E-state index is 0.0307. The van der Waals surface area contributed by atoms with Crippen molar-refractivity contribution in [1.82, 2.24) is 9.78 Å². The van der Waals surface area contributed by atoms with Gasteiger partial charge in [-0.3, -0.25) is 9.48 Å². The molecule has 0 aliphatic rings. The van der Waals surface area contributed by atoms with Crippen LogP contribution >= 0.6 is 31.9 Å². The molecule has 3 nitrogen and oxygen atoms in total. The summed E-state index contributed by atoms with van der Waals surface area (Å²) in [7, 11) is 0. The number of aryl methyl sites for hydroxylation is 2. The number of aromatic nitrogens is 2. The minimum atomic E-state index is -0.0307. The molecule has 1 aromatic carbocycles. The van der Waals surface area contributed by atoms with Crippen molar-refractivity contribution in [3.63, 3.8) is 0 Å². The maximum Gasteiger partial charge on any atom is 0.213 e. The first-order valence-corrected chi connectivity index (χ1v) is 7.16. The first kappa shape index (κ1) is 13.5. The molecule has 0 N–H and O–H groups in total. The average Bonchev–Trinajstić information content (AvgIpc) is 2.73. The van der Waals surface area contributed by atoms with Gasteiger partial charge in [0.1, 0.15) is 5.69 Å². The van der Waals surface area contributed by atoms with Crippen LogP contribution in [-0.2, 0) is 6.54 Å².